The number of aryl methyl sites for hydroxylation is 1. The third-order valence-electron chi connectivity index (χ3n) is 5.39. The first-order valence-electron chi connectivity index (χ1n) is 10.5. The quantitative estimate of drug-likeness (QED) is 0.272. The second kappa shape index (κ2) is 10.1. The summed E-state index contributed by atoms with van der Waals surface area (Å²) in [4.78, 5) is 4.67. The summed E-state index contributed by atoms with van der Waals surface area (Å²) in [6.45, 7) is 6.69. The average molecular weight is 453 g/mol. The Morgan fingerprint density at radius 2 is 1.81 bits per heavy atom. The lowest BCUT2D eigenvalue weighted by Crippen LogP contribution is -2.11. The summed E-state index contributed by atoms with van der Waals surface area (Å²) >= 11 is 6.08. The maximum Gasteiger partial charge on any atom is 0.245 e. The van der Waals surface area contributed by atoms with Gasteiger partial charge >= 0.3 is 0 Å². The lowest BCUT2D eigenvalue weighted by Gasteiger charge is -2.17. The van der Waals surface area contributed by atoms with Crippen LogP contribution in [0.25, 0.3) is 17.2 Å². The van der Waals surface area contributed by atoms with Crippen LogP contribution in [0.5, 0.6) is 0 Å². The van der Waals surface area contributed by atoms with Crippen LogP contribution in [0.15, 0.2) is 72.2 Å². The molecule has 3 aromatic carbocycles. The van der Waals surface area contributed by atoms with Gasteiger partial charge in [0.05, 0.1) is 6.04 Å². The SMILES string of the molecule is C=Cc1ccc(C(CCC(C)(F)F)N=Cc2cc(-c3ccc(Cl)cc3C)ccc2N)cc1. The number of nitrogen functional groups attached to an aromatic ring is 1. The van der Waals surface area contributed by atoms with Gasteiger partial charge in [0, 0.05) is 28.9 Å². The highest BCUT2D eigenvalue weighted by Crippen LogP contribution is 2.31. The standard InChI is InChI=1S/C27H27ClF2N2/c1-4-19-5-7-20(8-6-19)26(13-14-27(3,29)30)32-17-22-16-21(9-12-25(22)31)24-11-10-23(28)15-18(24)2/h4-12,15-17,26H,1,13-14,31H2,2-3H3. The maximum atomic E-state index is 13.6. The smallest absolute Gasteiger partial charge is 0.245 e. The van der Waals surface area contributed by atoms with Gasteiger partial charge in [-0.05, 0) is 72.4 Å². The van der Waals surface area contributed by atoms with Crippen molar-refractivity contribution in [2.75, 3.05) is 5.73 Å². The van der Waals surface area contributed by atoms with Crippen LogP contribution in [0, 0.1) is 6.92 Å². The molecule has 0 heterocycles. The summed E-state index contributed by atoms with van der Waals surface area (Å²) in [6, 6.07) is 18.7. The summed E-state index contributed by atoms with van der Waals surface area (Å²) in [5, 5.41) is 0.682. The topological polar surface area (TPSA) is 38.4 Å². The zero-order valence-corrected chi connectivity index (χ0v) is 19.0. The molecule has 32 heavy (non-hydrogen) atoms. The van der Waals surface area contributed by atoms with Crippen molar-refractivity contribution in [2.24, 2.45) is 4.99 Å². The number of nitrogens with two attached hydrogens (primary N) is 1. The highest BCUT2D eigenvalue weighted by atomic mass is 35.5. The van der Waals surface area contributed by atoms with Gasteiger partial charge < -0.3 is 5.73 Å². The van der Waals surface area contributed by atoms with Crippen molar-refractivity contribution in [1.29, 1.82) is 0 Å². The summed E-state index contributed by atoms with van der Waals surface area (Å²) < 4.78 is 27.1. The first-order chi connectivity index (χ1) is 15.2. The molecule has 0 aromatic heterocycles. The highest BCUT2D eigenvalue weighted by Gasteiger charge is 2.23. The van der Waals surface area contributed by atoms with Gasteiger partial charge in [-0.1, -0.05) is 60.7 Å². The van der Waals surface area contributed by atoms with E-state index in [1.807, 2.05) is 67.6 Å². The number of hydrogen-bond donors (Lipinski definition) is 1. The fraction of sp³-hybridized carbons (Fsp3) is 0.222. The number of halogens is 3. The minimum Gasteiger partial charge on any atom is -0.398 e. The molecule has 0 amide bonds. The van der Waals surface area contributed by atoms with E-state index in [-0.39, 0.29) is 12.8 Å². The van der Waals surface area contributed by atoms with Gasteiger partial charge in [0.25, 0.3) is 0 Å². The zero-order valence-electron chi connectivity index (χ0n) is 18.3. The average Bonchev–Trinajstić information content (AvgIpc) is 2.74. The first kappa shape index (κ1) is 23.7. The summed E-state index contributed by atoms with van der Waals surface area (Å²) in [7, 11) is 0. The fourth-order valence-electron chi connectivity index (χ4n) is 3.55. The molecule has 3 aromatic rings. The Bertz CT molecular complexity index is 1120. The molecule has 0 radical (unpaired) electrons. The summed E-state index contributed by atoms with van der Waals surface area (Å²) in [6.07, 6.45) is 3.40. The van der Waals surface area contributed by atoms with Crippen LogP contribution in [0.4, 0.5) is 14.5 Å². The third kappa shape index (κ3) is 6.27. The molecule has 0 aliphatic heterocycles. The minimum absolute atomic E-state index is 0.226. The number of anilines is 1. The Balaban J connectivity index is 1.93. The molecule has 0 bridgehead atoms. The summed E-state index contributed by atoms with van der Waals surface area (Å²) in [5.74, 6) is -2.75. The van der Waals surface area contributed by atoms with Crippen LogP contribution in [0.3, 0.4) is 0 Å². The van der Waals surface area contributed by atoms with Crippen molar-refractivity contribution in [3.05, 3.63) is 94.5 Å². The molecule has 0 saturated heterocycles. The van der Waals surface area contributed by atoms with Crippen molar-refractivity contribution in [3.8, 4) is 11.1 Å². The van der Waals surface area contributed by atoms with Crippen molar-refractivity contribution in [2.45, 2.75) is 38.7 Å². The molecule has 1 atom stereocenters. The molecule has 0 aliphatic rings. The molecule has 0 aliphatic carbocycles. The van der Waals surface area contributed by atoms with Crippen molar-refractivity contribution >= 4 is 29.6 Å². The number of nitrogens with zero attached hydrogens (tertiary/aromatic N) is 1. The first-order valence-corrected chi connectivity index (χ1v) is 10.8. The van der Waals surface area contributed by atoms with E-state index in [0.29, 0.717) is 10.7 Å². The van der Waals surface area contributed by atoms with Crippen molar-refractivity contribution < 1.29 is 8.78 Å². The Morgan fingerprint density at radius 3 is 2.44 bits per heavy atom. The minimum atomic E-state index is -2.75. The van der Waals surface area contributed by atoms with Crippen LogP contribution in [0.1, 0.15) is 48.1 Å². The molecular formula is C27H27ClF2N2. The van der Waals surface area contributed by atoms with Gasteiger partial charge in [-0.15, -0.1) is 0 Å². The van der Waals surface area contributed by atoms with Crippen LogP contribution in [0.2, 0.25) is 5.02 Å². The van der Waals surface area contributed by atoms with Crippen LogP contribution in [-0.4, -0.2) is 12.1 Å². The molecule has 1 unspecified atom stereocenters. The molecular weight excluding hydrogens is 426 g/mol. The monoisotopic (exact) mass is 452 g/mol. The predicted molar refractivity (Wildman–Crippen MR) is 133 cm³/mol. The van der Waals surface area contributed by atoms with Gasteiger partial charge in [-0.2, -0.15) is 0 Å². The molecule has 0 saturated carbocycles. The van der Waals surface area contributed by atoms with E-state index < -0.39 is 12.0 Å². The predicted octanol–water partition coefficient (Wildman–Crippen LogP) is 8.14. The van der Waals surface area contributed by atoms with E-state index >= 15 is 0 Å². The highest BCUT2D eigenvalue weighted by molar-refractivity contribution is 6.30. The Hall–Kier alpha value is -2.98. The molecule has 3 rings (SSSR count). The molecule has 2 nitrogen and oxygen atoms in total. The number of aliphatic imine (C=N–C) groups is 1. The molecule has 0 fully saturated rings. The Kier molecular flexibility index (Phi) is 7.47. The van der Waals surface area contributed by atoms with Gasteiger partial charge in [0.15, 0.2) is 0 Å². The molecule has 166 valence electrons. The second-order valence-electron chi connectivity index (χ2n) is 8.08. The molecule has 5 heteroatoms. The lowest BCUT2D eigenvalue weighted by atomic mass is 9.97. The van der Waals surface area contributed by atoms with E-state index in [2.05, 4.69) is 11.6 Å². The van der Waals surface area contributed by atoms with Crippen LogP contribution in [-0.2, 0) is 0 Å². The number of rotatable bonds is 8. The Labute approximate surface area is 193 Å². The van der Waals surface area contributed by atoms with E-state index in [9.17, 15) is 8.78 Å². The normalized spacial score (nSPS) is 12.8. The van der Waals surface area contributed by atoms with Crippen molar-refractivity contribution in [1.82, 2.24) is 0 Å². The van der Waals surface area contributed by atoms with E-state index in [1.165, 1.54) is 0 Å². The second-order valence-corrected chi connectivity index (χ2v) is 8.51. The summed E-state index contributed by atoms with van der Waals surface area (Å²) in [5.41, 5.74) is 12.4. The van der Waals surface area contributed by atoms with Crippen LogP contribution < -0.4 is 5.73 Å². The van der Waals surface area contributed by atoms with E-state index in [1.54, 1.807) is 12.3 Å². The van der Waals surface area contributed by atoms with Crippen LogP contribution >= 0.6 is 11.6 Å². The van der Waals surface area contributed by atoms with Gasteiger partial charge in [-0.3, -0.25) is 4.99 Å². The largest absolute Gasteiger partial charge is 0.398 e. The number of hydrogen-bond acceptors (Lipinski definition) is 2. The molecule has 0 spiro atoms. The number of alkyl halides is 2. The Morgan fingerprint density at radius 1 is 1.09 bits per heavy atom. The van der Waals surface area contributed by atoms with E-state index in [4.69, 9.17) is 17.3 Å². The van der Waals surface area contributed by atoms with Gasteiger partial charge in [-0.25, -0.2) is 8.78 Å². The molecule has 2 N–H and O–H groups in total. The number of benzene rings is 3. The maximum absolute atomic E-state index is 13.6. The van der Waals surface area contributed by atoms with Crippen molar-refractivity contribution in [3.63, 3.8) is 0 Å². The third-order valence-corrected chi connectivity index (χ3v) is 5.63. The zero-order chi connectivity index (χ0) is 23.3. The van der Waals surface area contributed by atoms with E-state index in [0.717, 1.165) is 40.3 Å². The van der Waals surface area contributed by atoms with Gasteiger partial charge in [0.1, 0.15) is 0 Å². The lowest BCUT2D eigenvalue weighted by molar-refractivity contribution is 0.00930. The van der Waals surface area contributed by atoms with Gasteiger partial charge in [0.2, 0.25) is 5.92 Å². The fourth-order valence-corrected chi connectivity index (χ4v) is 3.77.